The number of fused-ring (bicyclic) bond motifs is 1. The number of hydrogen-bond donors (Lipinski definition) is 3. The topological polar surface area (TPSA) is 104 Å². The van der Waals surface area contributed by atoms with Crippen molar-refractivity contribution in [2.24, 2.45) is 11.7 Å². The van der Waals surface area contributed by atoms with Crippen LogP contribution in [0.5, 0.6) is 5.75 Å². The van der Waals surface area contributed by atoms with E-state index in [0.717, 1.165) is 9.47 Å². The highest BCUT2D eigenvalue weighted by Gasteiger charge is 2.72. The third-order valence-corrected chi connectivity index (χ3v) is 6.51. The van der Waals surface area contributed by atoms with Crippen LogP contribution in [0.1, 0.15) is 30.9 Å². The number of nitrogens with one attached hydrogen (secondary N) is 1. The molecule has 1 saturated carbocycles. The summed E-state index contributed by atoms with van der Waals surface area (Å²) in [5, 5.41) is 9.87. The van der Waals surface area contributed by atoms with E-state index < -0.39 is 77.2 Å². The van der Waals surface area contributed by atoms with Crippen LogP contribution in [0, 0.1) is 18.7 Å². The lowest BCUT2D eigenvalue weighted by molar-refractivity contribution is -0.309. The number of aryl methyl sites for hydroxylation is 1. The predicted octanol–water partition coefficient (Wildman–Crippen LogP) is 2.83. The summed E-state index contributed by atoms with van der Waals surface area (Å²) in [5.74, 6) is -4.68. The van der Waals surface area contributed by atoms with E-state index in [2.05, 4.69) is 0 Å². The molecule has 0 spiro atoms. The highest BCUT2D eigenvalue weighted by molar-refractivity contribution is 5.92. The molecule has 1 aliphatic carbocycles. The van der Waals surface area contributed by atoms with Crippen molar-refractivity contribution in [1.82, 2.24) is 9.55 Å². The SMILES string of the molecule is Cc1c(N2CCC(C(N)(C(F)(F)F)C(F)(F)F)C2)c(F)c(O)c2c(=O)[nH]c(=O)n(C3CC3)c12. The van der Waals surface area contributed by atoms with E-state index in [0.29, 0.717) is 12.8 Å². The van der Waals surface area contributed by atoms with E-state index in [-0.39, 0.29) is 17.1 Å². The number of nitrogens with zero attached hydrogens (tertiary/aromatic N) is 2. The molecule has 4 rings (SSSR count). The number of nitrogens with two attached hydrogens (primary N) is 1. The fourth-order valence-corrected chi connectivity index (χ4v) is 4.65. The molecule has 1 aliphatic heterocycles. The average molecular weight is 484 g/mol. The molecule has 1 atom stereocenters. The van der Waals surface area contributed by atoms with Crippen molar-refractivity contribution < 1.29 is 35.8 Å². The molecule has 14 heteroatoms. The van der Waals surface area contributed by atoms with Gasteiger partial charge in [0.2, 0.25) is 5.54 Å². The number of alkyl halides is 6. The number of aromatic hydroxyl groups is 1. The largest absolute Gasteiger partial charge is 0.504 e. The summed E-state index contributed by atoms with van der Waals surface area (Å²) in [6.45, 7) is -0.0428. The van der Waals surface area contributed by atoms with Crippen LogP contribution in [-0.2, 0) is 0 Å². The standard InChI is InChI=1S/C19H19F7N4O3/c1-7-12-10(15(32)28-16(33)30(12)9-2-3-9)14(31)11(20)13(7)29-5-4-8(6-29)17(27,18(21,22)23)19(24,25)26/h8-9,31H,2-6,27H2,1H3,(H,28,32,33). The summed E-state index contributed by atoms with van der Waals surface area (Å²) in [7, 11) is 0. The lowest BCUT2D eigenvalue weighted by Crippen LogP contribution is -2.68. The summed E-state index contributed by atoms with van der Waals surface area (Å²) in [6.07, 6.45) is -11.2. The first-order chi connectivity index (χ1) is 15.1. The maximum Gasteiger partial charge on any atom is 0.415 e. The molecule has 1 saturated heterocycles. The van der Waals surface area contributed by atoms with E-state index in [4.69, 9.17) is 5.73 Å². The van der Waals surface area contributed by atoms with Crippen LogP contribution in [0.15, 0.2) is 9.59 Å². The smallest absolute Gasteiger partial charge is 0.415 e. The van der Waals surface area contributed by atoms with E-state index in [1.807, 2.05) is 4.98 Å². The number of anilines is 1. The van der Waals surface area contributed by atoms with Gasteiger partial charge in [-0.15, -0.1) is 0 Å². The van der Waals surface area contributed by atoms with Gasteiger partial charge in [0, 0.05) is 30.6 Å². The van der Waals surface area contributed by atoms with Gasteiger partial charge in [0.1, 0.15) is 5.39 Å². The summed E-state index contributed by atoms with van der Waals surface area (Å²) in [6, 6.07) is -0.341. The Balaban J connectivity index is 1.88. The second-order valence-corrected chi connectivity index (χ2v) is 8.52. The number of aromatic amines is 1. The van der Waals surface area contributed by atoms with Crippen LogP contribution in [0.25, 0.3) is 10.9 Å². The van der Waals surface area contributed by atoms with Crippen molar-refractivity contribution in [2.45, 2.75) is 50.1 Å². The summed E-state index contributed by atoms with van der Waals surface area (Å²) >= 11 is 0. The van der Waals surface area contributed by atoms with Crippen molar-refractivity contribution >= 4 is 16.6 Å². The highest BCUT2D eigenvalue weighted by Crippen LogP contribution is 2.50. The molecule has 7 nitrogen and oxygen atoms in total. The zero-order valence-corrected chi connectivity index (χ0v) is 17.1. The molecular weight excluding hydrogens is 465 g/mol. The Kier molecular flexibility index (Phi) is 5.04. The maximum atomic E-state index is 15.2. The predicted molar refractivity (Wildman–Crippen MR) is 103 cm³/mol. The van der Waals surface area contributed by atoms with Crippen LogP contribution in [0.2, 0.25) is 0 Å². The number of halogens is 7. The second-order valence-electron chi connectivity index (χ2n) is 8.52. The summed E-state index contributed by atoms with van der Waals surface area (Å²) < 4.78 is 96.7. The molecule has 182 valence electrons. The van der Waals surface area contributed by atoms with Crippen molar-refractivity contribution in [1.29, 1.82) is 0 Å². The zero-order valence-electron chi connectivity index (χ0n) is 17.1. The molecule has 2 heterocycles. The van der Waals surface area contributed by atoms with Gasteiger partial charge in [0.25, 0.3) is 5.56 Å². The molecule has 1 aromatic carbocycles. The number of hydrogen-bond acceptors (Lipinski definition) is 5. The van der Waals surface area contributed by atoms with E-state index >= 15 is 4.39 Å². The number of rotatable bonds is 3. The molecule has 0 bridgehead atoms. The van der Waals surface area contributed by atoms with Gasteiger partial charge in [-0.1, -0.05) is 0 Å². The molecule has 0 radical (unpaired) electrons. The Labute approximate surface area is 180 Å². The van der Waals surface area contributed by atoms with Gasteiger partial charge in [-0.2, -0.15) is 26.3 Å². The van der Waals surface area contributed by atoms with E-state index in [1.54, 1.807) is 0 Å². The molecule has 1 aromatic heterocycles. The Hall–Kier alpha value is -2.77. The first kappa shape index (κ1) is 23.4. The number of phenols is 1. The van der Waals surface area contributed by atoms with Crippen LogP contribution in [0.3, 0.4) is 0 Å². The highest BCUT2D eigenvalue weighted by atomic mass is 19.4. The lowest BCUT2D eigenvalue weighted by atomic mass is 9.82. The molecule has 2 aromatic rings. The third kappa shape index (κ3) is 3.28. The maximum absolute atomic E-state index is 15.2. The fraction of sp³-hybridized carbons (Fsp3) is 0.579. The van der Waals surface area contributed by atoms with Gasteiger partial charge in [0.05, 0.1) is 11.2 Å². The van der Waals surface area contributed by atoms with Crippen molar-refractivity contribution in [3.8, 4) is 5.75 Å². The summed E-state index contributed by atoms with van der Waals surface area (Å²) in [4.78, 5) is 27.6. The van der Waals surface area contributed by atoms with Gasteiger partial charge in [-0.05, 0) is 26.2 Å². The molecule has 0 amide bonds. The van der Waals surface area contributed by atoms with Gasteiger partial charge >= 0.3 is 18.0 Å². The number of aromatic nitrogens is 2. The third-order valence-electron chi connectivity index (χ3n) is 6.51. The van der Waals surface area contributed by atoms with Crippen LogP contribution in [0.4, 0.5) is 36.4 Å². The minimum absolute atomic E-state index is 0.0577. The first-order valence-corrected chi connectivity index (χ1v) is 9.98. The van der Waals surface area contributed by atoms with Gasteiger partial charge in [-0.3, -0.25) is 14.3 Å². The average Bonchev–Trinajstić information content (AvgIpc) is 3.40. The van der Waals surface area contributed by atoms with Gasteiger partial charge < -0.3 is 15.7 Å². The summed E-state index contributed by atoms with van der Waals surface area (Å²) in [5.41, 5.74) is -2.16. The quantitative estimate of drug-likeness (QED) is 0.582. The zero-order chi connectivity index (χ0) is 24.7. The Bertz CT molecular complexity index is 1230. The van der Waals surface area contributed by atoms with Gasteiger partial charge in [-0.25, -0.2) is 9.18 Å². The lowest BCUT2D eigenvalue weighted by Gasteiger charge is -2.38. The normalized spacial score (nSPS) is 20.2. The molecule has 2 aliphatic rings. The van der Waals surface area contributed by atoms with Crippen LogP contribution >= 0.6 is 0 Å². The van der Waals surface area contributed by atoms with Crippen molar-refractivity contribution in [3.05, 3.63) is 32.2 Å². The molecule has 33 heavy (non-hydrogen) atoms. The van der Waals surface area contributed by atoms with Crippen LogP contribution < -0.4 is 21.9 Å². The Morgan fingerprint density at radius 3 is 2.15 bits per heavy atom. The molecule has 2 fully saturated rings. The minimum Gasteiger partial charge on any atom is -0.504 e. The second kappa shape index (κ2) is 7.11. The van der Waals surface area contributed by atoms with Gasteiger partial charge in [0.15, 0.2) is 11.6 Å². The molecule has 4 N–H and O–H groups in total. The number of benzene rings is 1. The van der Waals surface area contributed by atoms with E-state index in [9.17, 15) is 41.0 Å². The van der Waals surface area contributed by atoms with Crippen LogP contribution in [-0.4, -0.2) is 45.6 Å². The minimum atomic E-state index is -5.81. The monoisotopic (exact) mass is 484 g/mol. The first-order valence-electron chi connectivity index (χ1n) is 9.98. The molecule has 1 unspecified atom stereocenters. The number of phenolic OH excluding ortho intramolecular Hbond substituents is 1. The van der Waals surface area contributed by atoms with E-state index in [1.165, 1.54) is 6.92 Å². The van der Waals surface area contributed by atoms with Crippen molar-refractivity contribution in [3.63, 3.8) is 0 Å². The number of H-pyrrole nitrogens is 1. The Morgan fingerprint density at radius 2 is 1.64 bits per heavy atom. The molecular formula is C19H19F7N4O3. The van der Waals surface area contributed by atoms with Crippen molar-refractivity contribution in [2.75, 3.05) is 18.0 Å². The fourth-order valence-electron chi connectivity index (χ4n) is 4.65. The Morgan fingerprint density at radius 1 is 1.06 bits per heavy atom.